The van der Waals surface area contributed by atoms with E-state index in [2.05, 4.69) is 10.2 Å². The van der Waals surface area contributed by atoms with E-state index in [1.807, 2.05) is 0 Å². The van der Waals surface area contributed by atoms with E-state index in [4.69, 9.17) is 21.4 Å². The van der Waals surface area contributed by atoms with Gasteiger partial charge in [0.2, 0.25) is 0 Å². The standard InChI is InChI=1S/C15H20ClFN2O4/c16-13-2-1-12(7-14(13)17)23-9-11(20)8-19-5-3-10(4-6-19)18-15(21)22/h1-2,7,10-11,18,20H,3-6,8-9H2,(H,21,22)/t11-/m0/s1. The zero-order valence-electron chi connectivity index (χ0n) is 12.5. The topological polar surface area (TPSA) is 82.0 Å². The molecule has 1 aromatic rings. The van der Waals surface area contributed by atoms with Crippen molar-refractivity contribution in [3.8, 4) is 5.75 Å². The number of β-amino-alcohol motifs (C(OH)–C–C–N with tert-alkyl or cyclic N) is 1. The number of hydrogen-bond donors (Lipinski definition) is 3. The summed E-state index contributed by atoms with van der Waals surface area (Å²) in [4.78, 5) is 12.6. The molecule has 0 aliphatic carbocycles. The maximum atomic E-state index is 13.3. The molecule has 6 nitrogen and oxygen atoms in total. The average molecular weight is 347 g/mol. The van der Waals surface area contributed by atoms with Gasteiger partial charge in [-0.2, -0.15) is 0 Å². The maximum Gasteiger partial charge on any atom is 0.404 e. The molecule has 1 aliphatic rings. The highest BCUT2D eigenvalue weighted by molar-refractivity contribution is 6.30. The first kappa shape index (κ1) is 17.8. The first-order valence-electron chi connectivity index (χ1n) is 7.42. The number of carboxylic acid groups (broad SMARTS) is 1. The third-order valence-corrected chi connectivity index (χ3v) is 4.02. The van der Waals surface area contributed by atoms with E-state index in [9.17, 15) is 14.3 Å². The molecule has 0 radical (unpaired) electrons. The van der Waals surface area contributed by atoms with Crippen LogP contribution in [0.1, 0.15) is 12.8 Å². The molecular formula is C15H20ClFN2O4. The molecule has 0 unspecified atom stereocenters. The summed E-state index contributed by atoms with van der Waals surface area (Å²) in [5.74, 6) is -0.248. The molecule has 1 aliphatic heterocycles. The lowest BCUT2D eigenvalue weighted by atomic mass is 10.1. The normalized spacial score (nSPS) is 17.7. The SMILES string of the molecule is O=C(O)NC1CCN(C[C@H](O)COc2ccc(Cl)c(F)c2)CC1. The number of piperidine rings is 1. The van der Waals surface area contributed by atoms with Crippen molar-refractivity contribution in [3.63, 3.8) is 0 Å². The first-order valence-corrected chi connectivity index (χ1v) is 7.79. The molecule has 1 amide bonds. The number of aliphatic hydroxyl groups excluding tert-OH is 1. The third-order valence-electron chi connectivity index (χ3n) is 3.72. The van der Waals surface area contributed by atoms with Crippen LogP contribution >= 0.6 is 11.6 Å². The molecule has 0 spiro atoms. The number of rotatable bonds is 6. The summed E-state index contributed by atoms with van der Waals surface area (Å²) < 4.78 is 18.6. The minimum atomic E-state index is -1.01. The van der Waals surface area contributed by atoms with Crippen LogP contribution in [-0.4, -0.2) is 59.6 Å². The second-order valence-corrected chi connectivity index (χ2v) is 5.97. The summed E-state index contributed by atoms with van der Waals surface area (Å²) in [5.41, 5.74) is 0. The van der Waals surface area contributed by atoms with Crippen molar-refractivity contribution in [2.45, 2.75) is 25.0 Å². The van der Waals surface area contributed by atoms with Gasteiger partial charge in [0.05, 0.1) is 5.02 Å². The molecule has 128 valence electrons. The van der Waals surface area contributed by atoms with Gasteiger partial charge in [0, 0.05) is 31.7 Å². The Morgan fingerprint density at radius 1 is 1.48 bits per heavy atom. The van der Waals surface area contributed by atoms with Gasteiger partial charge in [-0.15, -0.1) is 0 Å². The Labute approximate surface area is 138 Å². The molecular weight excluding hydrogens is 327 g/mol. The van der Waals surface area contributed by atoms with Crippen LogP contribution in [0.2, 0.25) is 5.02 Å². The lowest BCUT2D eigenvalue weighted by Crippen LogP contribution is -2.46. The average Bonchev–Trinajstić information content (AvgIpc) is 2.50. The minimum Gasteiger partial charge on any atom is -0.491 e. The molecule has 0 saturated carbocycles. The highest BCUT2D eigenvalue weighted by Crippen LogP contribution is 2.20. The summed E-state index contributed by atoms with van der Waals surface area (Å²) in [6.07, 6.45) is -0.297. The first-order chi connectivity index (χ1) is 10.9. The molecule has 2 rings (SSSR count). The lowest BCUT2D eigenvalue weighted by Gasteiger charge is -2.32. The fraction of sp³-hybridized carbons (Fsp3) is 0.533. The van der Waals surface area contributed by atoms with Crippen LogP contribution in [-0.2, 0) is 0 Å². The molecule has 1 saturated heterocycles. The number of benzene rings is 1. The van der Waals surface area contributed by atoms with Crippen molar-refractivity contribution >= 4 is 17.7 Å². The van der Waals surface area contributed by atoms with Crippen molar-refractivity contribution in [1.29, 1.82) is 0 Å². The smallest absolute Gasteiger partial charge is 0.404 e. The predicted octanol–water partition coefficient (Wildman–Crippen LogP) is 1.95. The van der Waals surface area contributed by atoms with Gasteiger partial charge in [-0.05, 0) is 25.0 Å². The van der Waals surface area contributed by atoms with Crippen molar-refractivity contribution in [1.82, 2.24) is 10.2 Å². The van der Waals surface area contributed by atoms with E-state index in [1.165, 1.54) is 12.1 Å². The fourth-order valence-corrected chi connectivity index (χ4v) is 2.66. The number of ether oxygens (including phenoxy) is 1. The van der Waals surface area contributed by atoms with Gasteiger partial charge in [-0.1, -0.05) is 11.6 Å². The van der Waals surface area contributed by atoms with Gasteiger partial charge in [-0.3, -0.25) is 0 Å². The van der Waals surface area contributed by atoms with Crippen molar-refractivity contribution in [2.24, 2.45) is 0 Å². The van der Waals surface area contributed by atoms with Crippen LogP contribution in [0.3, 0.4) is 0 Å². The highest BCUT2D eigenvalue weighted by atomic mass is 35.5. The largest absolute Gasteiger partial charge is 0.491 e. The number of amides is 1. The van der Waals surface area contributed by atoms with E-state index in [0.29, 0.717) is 38.2 Å². The Kier molecular flexibility index (Phi) is 6.44. The molecule has 1 aromatic carbocycles. The molecule has 0 aromatic heterocycles. The van der Waals surface area contributed by atoms with E-state index in [-0.39, 0.29) is 17.7 Å². The Bertz CT molecular complexity index is 538. The molecule has 1 atom stereocenters. The Hall–Kier alpha value is -1.57. The van der Waals surface area contributed by atoms with E-state index in [1.54, 1.807) is 6.07 Å². The van der Waals surface area contributed by atoms with Gasteiger partial charge >= 0.3 is 6.09 Å². The van der Waals surface area contributed by atoms with Crippen LogP contribution in [0.15, 0.2) is 18.2 Å². The zero-order chi connectivity index (χ0) is 16.8. The second-order valence-electron chi connectivity index (χ2n) is 5.57. The van der Waals surface area contributed by atoms with E-state index < -0.39 is 18.0 Å². The molecule has 0 bridgehead atoms. The zero-order valence-corrected chi connectivity index (χ0v) is 13.3. The van der Waals surface area contributed by atoms with Crippen LogP contribution in [0.4, 0.5) is 9.18 Å². The van der Waals surface area contributed by atoms with Gasteiger partial charge in [0.15, 0.2) is 0 Å². The molecule has 1 fully saturated rings. The lowest BCUT2D eigenvalue weighted by molar-refractivity contribution is 0.0577. The van der Waals surface area contributed by atoms with Gasteiger partial charge in [-0.25, -0.2) is 9.18 Å². The fourth-order valence-electron chi connectivity index (χ4n) is 2.54. The highest BCUT2D eigenvalue weighted by Gasteiger charge is 2.22. The summed E-state index contributed by atoms with van der Waals surface area (Å²) >= 11 is 5.59. The van der Waals surface area contributed by atoms with Crippen LogP contribution in [0, 0.1) is 5.82 Å². The Morgan fingerprint density at radius 3 is 2.78 bits per heavy atom. The van der Waals surface area contributed by atoms with Crippen molar-refractivity contribution in [3.05, 3.63) is 29.0 Å². The third kappa shape index (κ3) is 5.85. The second kappa shape index (κ2) is 8.33. The number of halogens is 2. The monoisotopic (exact) mass is 346 g/mol. The molecule has 3 N–H and O–H groups in total. The quantitative estimate of drug-likeness (QED) is 0.733. The van der Waals surface area contributed by atoms with Crippen molar-refractivity contribution < 1.29 is 24.1 Å². The number of likely N-dealkylation sites (tertiary alicyclic amines) is 1. The maximum absolute atomic E-state index is 13.3. The van der Waals surface area contributed by atoms with Crippen molar-refractivity contribution in [2.75, 3.05) is 26.2 Å². The van der Waals surface area contributed by atoms with E-state index >= 15 is 0 Å². The predicted molar refractivity (Wildman–Crippen MR) is 83.5 cm³/mol. The van der Waals surface area contributed by atoms with Crippen LogP contribution < -0.4 is 10.1 Å². The van der Waals surface area contributed by atoms with Crippen LogP contribution in [0.25, 0.3) is 0 Å². The summed E-state index contributed by atoms with van der Waals surface area (Å²) in [7, 11) is 0. The Balaban J connectivity index is 1.70. The number of hydrogen-bond acceptors (Lipinski definition) is 4. The number of carbonyl (C=O) groups is 1. The molecule has 1 heterocycles. The van der Waals surface area contributed by atoms with Crippen LogP contribution in [0.5, 0.6) is 5.75 Å². The molecule has 23 heavy (non-hydrogen) atoms. The van der Waals surface area contributed by atoms with Gasteiger partial charge < -0.3 is 25.2 Å². The number of aliphatic hydroxyl groups is 1. The summed E-state index contributed by atoms with van der Waals surface area (Å²) in [6, 6.07) is 4.09. The number of nitrogens with zero attached hydrogens (tertiary/aromatic N) is 1. The number of nitrogens with one attached hydrogen (secondary N) is 1. The minimum absolute atomic E-state index is 0.0238. The van der Waals surface area contributed by atoms with E-state index in [0.717, 1.165) is 0 Å². The summed E-state index contributed by atoms with van der Waals surface area (Å²) in [6.45, 7) is 1.89. The molecule has 8 heteroatoms. The van der Waals surface area contributed by atoms with Gasteiger partial charge in [0.25, 0.3) is 0 Å². The Morgan fingerprint density at radius 2 is 2.17 bits per heavy atom. The summed E-state index contributed by atoms with van der Waals surface area (Å²) in [5, 5.41) is 21.2. The van der Waals surface area contributed by atoms with Gasteiger partial charge in [0.1, 0.15) is 24.3 Å².